The molecular formula is C25H38N4O5. The number of rotatable bonds is 11. The number of aliphatic carboxylic acids is 1. The van der Waals surface area contributed by atoms with Gasteiger partial charge in [0.25, 0.3) is 0 Å². The predicted molar refractivity (Wildman–Crippen MR) is 129 cm³/mol. The summed E-state index contributed by atoms with van der Waals surface area (Å²) in [6.07, 6.45) is 1.61. The first-order chi connectivity index (χ1) is 16.0. The van der Waals surface area contributed by atoms with E-state index < -0.39 is 42.0 Å². The fourth-order valence-electron chi connectivity index (χ4n) is 4.07. The highest BCUT2D eigenvalue weighted by Gasteiger charge is 2.38. The lowest BCUT2D eigenvalue weighted by Crippen LogP contribution is -2.57. The summed E-state index contributed by atoms with van der Waals surface area (Å²) in [5.41, 5.74) is 6.85. The average molecular weight is 475 g/mol. The predicted octanol–water partition coefficient (Wildman–Crippen LogP) is 1.30. The summed E-state index contributed by atoms with van der Waals surface area (Å²) in [5.74, 6) is -2.41. The Morgan fingerprint density at radius 3 is 2.26 bits per heavy atom. The molecule has 5 N–H and O–H groups in total. The summed E-state index contributed by atoms with van der Waals surface area (Å²) in [6, 6.07) is 5.71. The first-order valence-electron chi connectivity index (χ1n) is 11.9. The maximum absolute atomic E-state index is 13.2. The molecule has 2 rings (SSSR count). The van der Waals surface area contributed by atoms with E-state index in [0.29, 0.717) is 19.4 Å². The van der Waals surface area contributed by atoms with Gasteiger partial charge in [-0.05, 0) is 36.7 Å². The Morgan fingerprint density at radius 2 is 1.71 bits per heavy atom. The van der Waals surface area contributed by atoms with Crippen molar-refractivity contribution in [2.24, 2.45) is 17.6 Å². The molecule has 34 heavy (non-hydrogen) atoms. The van der Waals surface area contributed by atoms with E-state index in [2.05, 4.69) is 10.6 Å². The summed E-state index contributed by atoms with van der Waals surface area (Å²) in [7, 11) is 0. The molecule has 1 heterocycles. The summed E-state index contributed by atoms with van der Waals surface area (Å²) >= 11 is 0. The minimum atomic E-state index is -1.12. The molecule has 188 valence electrons. The molecule has 1 fully saturated rings. The number of carbonyl (C=O) groups excluding carboxylic acids is 3. The molecule has 1 saturated heterocycles. The quantitative estimate of drug-likeness (QED) is 0.381. The van der Waals surface area contributed by atoms with Gasteiger partial charge in [0, 0.05) is 13.0 Å². The zero-order valence-corrected chi connectivity index (χ0v) is 20.5. The Labute approximate surface area is 201 Å². The van der Waals surface area contributed by atoms with Gasteiger partial charge in [-0.3, -0.25) is 14.4 Å². The molecule has 0 radical (unpaired) electrons. The van der Waals surface area contributed by atoms with Gasteiger partial charge < -0.3 is 26.4 Å². The van der Waals surface area contributed by atoms with Gasteiger partial charge in [-0.15, -0.1) is 0 Å². The van der Waals surface area contributed by atoms with E-state index in [-0.39, 0.29) is 30.6 Å². The minimum absolute atomic E-state index is 0.0618. The van der Waals surface area contributed by atoms with Crippen molar-refractivity contribution in [3.63, 3.8) is 0 Å². The number of carboxylic acid groups (broad SMARTS) is 1. The molecule has 9 nitrogen and oxygen atoms in total. The van der Waals surface area contributed by atoms with Crippen molar-refractivity contribution in [2.75, 3.05) is 6.54 Å². The Balaban J connectivity index is 2.20. The van der Waals surface area contributed by atoms with Crippen LogP contribution < -0.4 is 16.4 Å². The SMILES string of the molecule is CC(C)CC(NC(=O)C(Cc1ccccc1)NC(=O)C1CCCN1C(=O)C(N)C(C)C)C(=O)O. The zero-order chi connectivity index (χ0) is 25.4. The standard InChI is InChI=1S/C25H38N4O5/c1-15(2)13-19(25(33)34)28-22(30)18(14-17-9-6-5-7-10-17)27-23(31)20-11-8-12-29(20)24(32)21(26)16(3)4/h5-7,9-10,15-16,18-21H,8,11-14,26H2,1-4H3,(H,27,31)(H,28,30)(H,33,34). The lowest BCUT2D eigenvalue weighted by molar-refractivity contribution is -0.143. The third-order valence-corrected chi connectivity index (χ3v) is 6.08. The van der Waals surface area contributed by atoms with Gasteiger partial charge >= 0.3 is 5.97 Å². The van der Waals surface area contributed by atoms with Crippen LogP contribution in [0.3, 0.4) is 0 Å². The lowest BCUT2D eigenvalue weighted by atomic mass is 10.0. The van der Waals surface area contributed by atoms with Crippen LogP contribution in [0, 0.1) is 11.8 Å². The van der Waals surface area contributed by atoms with Gasteiger partial charge in [0.15, 0.2) is 0 Å². The van der Waals surface area contributed by atoms with Gasteiger partial charge in [-0.2, -0.15) is 0 Å². The van der Waals surface area contributed by atoms with Crippen molar-refractivity contribution in [1.82, 2.24) is 15.5 Å². The number of benzene rings is 1. The van der Waals surface area contributed by atoms with E-state index in [9.17, 15) is 24.3 Å². The molecule has 3 amide bonds. The van der Waals surface area contributed by atoms with Crippen LogP contribution in [0.2, 0.25) is 0 Å². The van der Waals surface area contributed by atoms with Crippen LogP contribution in [0.5, 0.6) is 0 Å². The van der Waals surface area contributed by atoms with E-state index in [1.54, 1.807) is 0 Å². The maximum atomic E-state index is 13.2. The smallest absolute Gasteiger partial charge is 0.326 e. The first kappa shape index (κ1) is 27.3. The van der Waals surface area contributed by atoms with Crippen LogP contribution in [-0.2, 0) is 25.6 Å². The summed E-state index contributed by atoms with van der Waals surface area (Å²) in [5, 5.41) is 14.9. The average Bonchev–Trinajstić information content (AvgIpc) is 3.27. The summed E-state index contributed by atoms with van der Waals surface area (Å²) < 4.78 is 0. The number of carbonyl (C=O) groups is 4. The number of hydrogen-bond acceptors (Lipinski definition) is 5. The topological polar surface area (TPSA) is 142 Å². The Morgan fingerprint density at radius 1 is 1.06 bits per heavy atom. The Kier molecular flexibility index (Phi) is 10.0. The van der Waals surface area contributed by atoms with Crippen molar-refractivity contribution in [3.8, 4) is 0 Å². The molecule has 9 heteroatoms. The van der Waals surface area contributed by atoms with Gasteiger partial charge in [0.2, 0.25) is 17.7 Å². The highest BCUT2D eigenvalue weighted by molar-refractivity contribution is 5.94. The number of nitrogens with zero attached hydrogens (tertiary/aromatic N) is 1. The van der Waals surface area contributed by atoms with Crippen molar-refractivity contribution in [2.45, 2.75) is 77.5 Å². The Bertz CT molecular complexity index is 858. The fraction of sp³-hybridized carbons (Fsp3) is 0.600. The fourth-order valence-corrected chi connectivity index (χ4v) is 4.07. The van der Waals surface area contributed by atoms with Gasteiger partial charge in [-0.25, -0.2) is 4.79 Å². The second-order valence-corrected chi connectivity index (χ2v) is 9.74. The molecule has 0 spiro atoms. The van der Waals surface area contributed by atoms with Crippen LogP contribution in [0.15, 0.2) is 30.3 Å². The number of nitrogens with one attached hydrogen (secondary N) is 2. The molecule has 0 aliphatic carbocycles. The molecule has 1 aliphatic rings. The van der Waals surface area contributed by atoms with E-state index >= 15 is 0 Å². The molecule has 4 atom stereocenters. The van der Waals surface area contributed by atoms with Gasteiger partial charge in [0.05, 0.1) is 6.04 Å². The van der Waals surface area contributed by atoms with Crippen molar-refractivity contribution in [3.05, 3.63) is 35.9 Å². The monoisotopic (exact) mass is 474 g/mol. The molecule has 1 aliphatic heterocycles. The third-order valence-electron chi connectivity index (χ3n) is 6.08. The number of likely N-dealkylation sites (tertiary alicyclic amines) is 1. The van der Waals surface area contributed by atoms with Crippen LogP contribution >= 0.6 is 0 Å². The van der Waals surface area contributed by atoms with E-state index in [1.165, 1.54) is 4.90 Å². The lowest BCUT2D eigenvalue weighted by Gasteiger charge is -2.29. The van der Waals surface area contributed by atoms with Gasteiger partial charge in [0.1, 0.15) is 18.1 Å². The molecule has 0 saturated carbocycles. The van der Waals surface area contributed by atoms with Crippen LogP contribution in [0.1, 0.15) is 52.5 Å². The van der Waals surface area contributed by atoms with Crippen molar-refractivity contribution < 1.29 is 24.3 Å². The van der Waals surface area contributed by atoms with E-state index in [4.69, 9.17) is 5.73 Å². The highest BCUT2D eigenvalue weighted by atomic mass is 16.4. The van der Waals surface area contributed by atoms with E-state index in [1.807, 2.05) is 58.0 Å². The molecule has 0 bridgehead atoms. The van der Waals surface area contributed by atoms with Crippen LogP contribution in [0.4, 0.5) is 0 Å². The molecule has 4 unspecified atom stereocenters. The molecule has 0 aromatic heterocycles. The zero-order valence-electron chi connectivity index (χ0n) is 20.5. The Hall–Kier alpha value is -2.94. The van der Waals surface area contributed by atoms with Crippen molar-refractivity contribution >= 4 is 23.7 Å². The number of nitrogens with two attached hydrogens (primary N) is 1. The van der Waals surface area contributed by atoms with Gasteiger partial charge in [-0.1, -0.05) is 58.0 Å². The second-order valence-electron chi connectivity index (χ2n) is 9.74. The van der Waals surface area contributed by atoms with Crippen molar-refractivity contribution in [1.29, 1.82) is 0 Å². The highest BCUT2D eigenvalue weighted by Crippen LogP contribution is 2.20. The van der Waals surface area contributed by atoms with E-state index in [0.717, 1.165) is 5.56 Å². The molecule has 1 aromatic rings. The number of carboxylic acids is 1. The normalized spacial score (nSPS) is 18.4. The van der Waals surface area contributed by atoms with Crippen LogP contribution in [0.25, 0.3) is 0 Å². The second kappa shape index (κ2) is 12.5. The summed E-state index contributed by atoms with van der Waals surface area (Å²) in [6.45, 7) is 7.88. The molecule has 1 aromatic carbocycles. The number of hydrogen-bond donors (Lipinski definition) is 4. The summed E-state index contributed by atoms with van der Waals surface area (Å²) in [4.78, 5) is 52.3. The minimum Gasteiger partial charge on any atom is -0.480 e. The molecular weight excluding hydrogens is 436 g/mol. The van der Waals surface area contributed by atoms with Crippen LogP contribution in [-0.4, -0.2) is 64.4 Å². The third kappa shape index (κ3) is 7.55. The largest absolute Gasteiger partial charge is 0.480 e. The number of amides is 3. The first-order valence-corrected chi connectivity index (χ1v) is 11.9. The maximum Gasteiger partial charge on any atom is 0.326 e.